The van der Waals surface area contributed by atoms with Gasteiger partial charge in [-0.25, -0.2) is 0 Å². The Labute approximate surface area is 71.8 Å². The predicted molar refractivity (Wildman–Crippen MR) is 51.9 cm³/mol. The lowest BCUT2D eigenvalue weighted by atomic mass is 9.92. The third kappa shape index (κ3) is 2.48. The van der Waals surface area contributed by atoms with E-state index in [2.05, 4.69) is 46.6 Å². The Balaban J connectivity index is 4.24. The molecule has 1 heteroatoms. The zero-order valence-corrected chi connectivity index (χ0v) is 8.94. The van der Waals surface area contributed by atoms with Gasteiger partial charge in [-0.1, -0.05) is 13.8 Å². The van der Waals surface area contributed by atoms with Crippen LogP contribution in [0.5, 0.6) is 0 Å². The van der Waals surface area contributed by atoms with Gasteiger partial charge in [0.05, 0.1) is 0 Å². The van der Waals surface area contributed by atoms with Crippen LogP contribution < -0.4 is 0 Å². The van der Waals surface area contributed by atoms with Crippen molar-refractivity contribution in [3.63, 3.8) is 0 Å². The maximum Gasteiger partial charge on any atom is 0.0175 e. The molecule has 0 aliphatic carbocycles. The summed E-state index contributed by atoms with van der Waals surface area (Å²) >= 11 is 0. The summed E-state index contributed by atoms with van der Waals surface area (Å²) in [4.78, 5) is 2.47. The molecule has 0 saturated carbocycles. The molecule has 0 radical (unpaired) electrons. The van der Waals surface area contributed by atoms with Crippen molar-refractivity contribution in [1.29, 1.82) is 0 Å². The molecule has 0 aliphatic heterocycles. The van der Waals surface area contributed by atoms with E-state index in [-0.39, 0.29) is 0 Å². The van der Waals surface area contributed by atoms with Gasteiger partial charge in [-0.3, -0.25) is 4.90 Å². The molecule has 0 aromatic rings. The third-order valence-corrected chi connectivity index (χ3v) is 3.15. The first-order valence-corrected chi connectivity index (χ1v) is 4.71. The molecule has 0 saturated heterocycles. The van der Waals surface area contributed by atoms with Crippen LogP contribution in [0.1, 0.15) is 47.5 Å². The van der Waals surface area contributed by atoms with E-state index in [9.17, 15) is 0 Å². The van der Waals surface area contributed by atoms with Crippen LogP contribution in [0.2, 0.25) is 0 Å². The minimum Gasteiger partial charge on any atom is -0.299 e. The summed E-state index contributed by atoms with van der Waals surface area (Å²) in [5.74, 6) is 0. The smallest absolute Gasteiger partial charge is 0.0175 e. The van der Waals surface area contributed by atoms with Gasteiger partial charge in [0.2, 0.25) is 0 Å². The van der Waals surface area contributed by atoms with Crippen LogP contribution in [0.25, 0.3) is 0 Å². The van der Waals surface area contributed by atoms with Gasteiger partial charge in [-0.15, -0.1) is 0 Å². The standard InChI is InChI=1S/C10H23N/c1-7-10(5,8-2)11(6)9(3)4/h9H,7-8H2,1-6H3. The SMILES string of the molecule is CCC(C)(CC)N(C)C(C)C. The topological polar surface area (TPSA) is 3.24 Å². The Morgan fingerprint density at radius 2 is 1.55 bits per heavy atom. The average molecular weight is 157 g/mol. The van der Waals surface area contributed by atoms with Crippen molar-refractivity contribution in [3.05, 3.63) is 0 Å². The van der Waals surface area contributed by atoms with Crippen LogP contribution >= 0.6 is 0 Å². The van der Waals surface area contributed by atoms with Crippen molar-refractivity contribution in [2.24, 2.45) is 0 Å². The van der Waals surface area contributed by atoms with Crippen molar-refractivity contribution in [2.45, 2.75) is 59.0 Å². The van der Waals surface area contributed by atoms with Crippen LogP contribution in [-0.4, -0.2) is 23.5 Å². The molecule has 1 nitrogen and oxygen atoms in total. The van der Waals surface area contributed by atoms with Gasteiger partial charge >= 0.3 is 0 Å². The fourth-order valence-corrected chi connectivity index (χ4v) is 1.37. The normalized spacial score (nSPS) is 13.1. The summed E-state index contributed by atoms with van der Waals surface area (Å²) in [6, 6.07) is 0.653. The van der Waals surface area contributed by atoms with Gasteiger partial charge < -0.3 is 0 Å². The Morgan fingerprint density at radius 1 is 1.18 bits per heavy atom. The Bertz CT molecular complexity index is 103. The van der Waals surface area contributed by atoms with Crippen molar-refractivity contribution in [3.8, 4) is 0 Å². The van der Waals surface area contributed by atoms with Gasteiger partial charge in [0.1, 0.15) is 0 Å². The molecule has 0 fully saturated rings. The molecule has 0 spiro atoms. The number of rotatable bonds is 4. The number of hydrogen-bond acceptors (Lipinski definition) is 1. The highest BCUT2D eigenvalue weighted by Gasteiger charge is 2.26. The highest BCUT2D eigenvalue weighted by atomic mass is 15.2. The molecule has 0 rings (SSSR count). The predicted octanol–water partition coefficient (Wildman–Crippen LogP) is 2.91. The van der Waals surface area contributed by atoms with E-state index >= 15 is 0 Å². The van der Waals surface area contributed by atoms with E-state index in [1.807, 2.05) is 0 Å². The summed E-state index contributed by atoms with van der Waals surface area (Å²) in [5, 5.41) is 0. The molecular weight excluding hydrogens is 134 g/mol. The van der Waals surface area contributed by atoms with E-state index in [1.54, 1.807) is 0 Å². The Kier molecular flexibility index (Phi) is 4.09. The van der Waals surface area contributed by atoms with Crippen molar-refractivity contribution in [2.75, 3.05) is 7.05 Å². The Hall–Kier alpha value is -0.0400. The lowest BCUT2D eigenvalue weighted by Gasteiger charge is -2.40. The van der Waals surface area contributed by atoms with Crippen LogP contribution in [0.15, 0.2) is 0 Å². The first kappa shape index (κ1) is 11.0. The highest BCUT2D eigenvalue weighted by Crippen LogP contribution is 2.23. The fraction of sp³-hybridized carbons (Fsp3) is 1.00. The monoisotopic (exact) mass is 157 g/mol. The largest absolute Gasteiger partial charge is 0.299 e. The zero-order chi connectivity index (χ0) is 9.07. The molecule has 0 unspecified atom stereocenters. The van der Waals surface area contributed by atoms with Crippen molar-refractivity contribution in [1.82, 2.24) is 4.90 Å². The van der Waals surface area contributed by atoms with Crippen LogP contribution in [-0.2, 0) is 0 Å². The molecule has 0 amide bonds. The minimum absolute atomic E-state index is 0.397. The molecule has 0 atom stereocenters. The first-order valence-electron chi connectivity index (χ1n) is 4.71. The van der Waals surface area contributed by atoms with E-state index in [4.69, 9.17) is 0 Å². The molecule has 0 bridgehead atoms. The van der Waals surface area contributed by atoms with Gasteiger partial charge in [0, 0.05) is 11.6 Å². The molecule has 0 aromatic heterocycles. The molecule has 0 aromatic carbocycles. The number of nitrogens with zero attached hydrogens (tertiary/aromatic N) is 1. The summed E-state index contributed by atoms with van der Waals surface area (Å²) in [6.45, 7) is 11.4. The van der Waals surface area contributed by atoms with Crippen LogP contribution in [0.4, 0.5) is 0 Å². The highest BCUT2D eigenvalue weighted by molar-refractivity contribution is 4.82. The Morgan fingerprint density at radius 3 is 1.64 bits per heavy atom. The second kappa shape index (κ2) is 4.10. The molecule has 11 heavy (non-hydrogen) atoms. The molecule has 0 heterocycles. The summed E-state index contributed by atoms with van der Waals surface area (Å²) in [6.07, 6.45) is 2.47. The van der Waals surface area contributed by atoms with Crippen molar-refractivity contribution < 1.29 is 0 Å². The van der Waals surface area contributed by atoms with E-state index in [0.717, 1.165) is 0 Å². The second-order valence-electron chi connectivity index (χ2n) is 3.91. The number of hydrogen-bond donors (Lipinski definition) is 0. The van der Waals surface area contributed by atoms with Crippen LogP contribution in [0, 0.1) is 0 Å². The molecule has 68 valence electrons. The quantitative estimate of drug-likeness (QED) is 0.606. The van der Waals surface area contributed by atoms with E-state index < -0.39 is 0 Å². The lowest BCUT2D eigenvalue weighted by Crippen LogP contribution is -2.46. The molecule has 0 N–H and O–H groups in total. The van der Waals surface area contributed by atoms with E-state index in [1.165, 1.54) is 12.8 Å². The van der Waals surface area contributed by atoms with Crippen LogP contribution in [0.3, 0.4) is 0 Å². The summed E-state index contributed by atoms with van der Waals surface area (Å²) < 4.78 is 0. The van der Waals surface area contributed by atoms with Gasteiger partial charge in [-0.05, 0) is 40.7 Å². The second-order valence-corrected chi connectivity index (χ2v) is 3.91. The van der Waals surface area contributed by atoms with Gasteiger partial charge in [0.15, 0.2) is 0 Å². The maximum absolute atomic E-state index is 2.47. The fourth-order valence-electron chi connectivity index (χ4n) is 1.37. The van der Waals surface area contributed by atoms with E-state index in [0.29, 0.717) is 11.6 Å². The lowest BCUT2D eigenvalue weighted by molar-refractivity contribution is 0.0935. The minimum atomic E-state index is 0.397. The maximum atomic E-state index is 2.47. The third-order valence-electron chi connectivity index (χ3n) is 3.15. The first-order chi connectivity index (χ1) is 4.98. The zero-order valence-electron chi connectivity index (χ0n) is 8.94. The summed E-state index contributed by atoms with van der Waals surface area (Å²) in [7, 11) is 2.22. The van der Waals surface area contributed by atoms with Crippen molar-refractivity contribution >= 4 is 0 Å². The average Bonchev–Trinajstić information content (AvgIpc) is 2.01. The van der Waals surface area contributed by atoms with Gasteiger partial charge in [0.25, 0.3) is 0 Å². The molecular formula is C10H23N. The summed E-state index contributed by atoms with van der Waals surface area (Å²) in [5.41, 5.74) is 0.397. The van der Waals surface area contributed by atoms with Gasteiger partial charge in [-0.2, -0.15) is 0 Å². The molecule has 0 aliphatic rings.